The van der Waals surface area contributed by atoms with Crippen LogP contribution in [0.5, 0.6) is 0 Å². The third-order valence-corrected chi connectivity index (χ3v) is 4.52. The maximum Gasteiger partial charge on any atom is 0.264 e. The number of carbonyl (C=O) groups is 1. The smallest absolute Gasteiger partial charge is 0.264 e. The number of nitriles is 1. The van der Waals surface area contributed by atoms with Crippen molar-refractivity contribution in [1.29, 1.82) is 5.26 Å². The minimum Gasteiger partial charge on any atom is -0.344 e. The molecule has 26 heavy (non-hydrogen) atoms. The first-order valence-corrected chi connectivity index (χ1v) is 8.69. The Kier molecular flexibility index (Phi) is 5.41. The van der Waals surface area contributed by atoms with Gasteiger partial charge in [-0.05, 0) is 54.7 Å². The highest BCUT2D eigenvalue weighted by Gasteiger charge is 2.16. The molecular formula is C22H27N3O. The topological polar surface area (TPSA) is 49.0 Å². The van der Waals surface area contributed by atoms with E-state index in [0.29, 0.717) is 0 Å². The van der Waals surface area contributed by atoms with Gasteiger partial charge in [-0.15, -0.1) is 0 Å². The molecule has 0 atom stereocenters. The van der Waals surface area contributed by atoms with Gasteiger partial charge in [-0.2, -0.15) is 5.26 Å². The zero-order valence-electron chi connectivity index (χ0n) is 16.7. The monoisotopic (exact) mass is 349 g/mol. The van der Waals surface area contributed by atoms with Crippen LogP contribution >= 0.6 is 0 Å². The average Bonchev–Trinajstić information content (AvgIpc) is 2.85. The van der Waals surface area contributed by atoms with Gasteiger partial charge in [0.05, 0.1) is 0 Å². The number of likely N-dealkylation sites (N-methyl/N-ethyl adjacent to an activating group) is 1. The number of amides is 1. The maximum atomic E-state index is 12.1. The molecule has 2 aromatic rings. The van der Waals surface area contributed by atoms with E-state index in [1.807, 2.05) is 26.0 Å². The summed E-state index contributed by atoms with van der Waals surface area (Å²) in [6.45, 7) is 10.6. The molecule has 0 spiro atoms. The lowest BCUT2D eigenvalue weighted by Crippen LogP contribution is -2.22. The van der Waals surface area contributed by atoms with Crippen LogP contribution in [0.2, 0.25) is 0 Å². The van der Waals surface area contributed by atoms with Gasteiger partial charge in [0.1, 0.15) is 11.6 Å². The molecule has 1 aromatic carbocycles. The van der Waals surface area contributed by atoms with E-state index in [2.05, 4.69) is 49.6 Å². The molecule has 0 aliphatic heterocycles. The fourth-order valence-electron chi connectivity index (χ4n) is 2.98. The molecule has 4 nitrogen and oxygen atoms in total. The van der Waals surface area contributed by atoms with Gasteiger partial charge in [-0.1, -0.05) is 32.9 Å². The number of aryl methyl sites for hydroxylation is 1. The molecule has 0 saturated carbocycles. The van der Waals surface area contributed by atoms with Crippen LogP contribution in [0.1, 0.15) is 43.3 Å². The van der Waals surface area contributed by atoms with Crippen LogP contribution in [-0.2, 0) is 10.2 Å². The molecule has 0 saturated heterocycles. The molecular weight excluding hydrogens is 322 g/mol. The Morgan fingerprint density at radius 2 is 1.73 bits per heavy atom. The van der Waals surface area contributed by atoms with E-state index < -0.39 is 0 Å². The van der Waals surface area contributed by atoms with Crippen LogP contribution in [0.4, 0.5) is 0 Å². The van der Waals surface area contributed by atoms with Gasteiger partial charge in [0, 0.05) is 31.2 Å². The average molecular weight is 349 g/mol. The van der Waals surface area contributed by atoms with E-state index in [0.717, 1.165) is 22.6 Å². The molecule has 136 valence electrons. The second-order valence-electron chi connectivity index (χ2n) is 7.83. The van der Waals surface area contributed by atoms with Crippen molar-refractivity contribution in [3.63, 3.8) is 0 Å². The zero-order valence-corrected chi connectivity index (χ0v) is 16.7. The van der Waals surface area contributed by atoms with Crippen molar-refractivity contribution >= 4 is 12.0 Å². The highest BCUT2D eigenvalue weighted by molar-refractivity contribution is 6.01. The van der Waals surface area contributed by atoms with Gasteiger partial charge in [-0.3, -0.25) is 4.79 Å². The summed E-state index contributed by atoms with van der Waals surface area (Å²) < 4.78 is 2.15. The Hall–Kier alpha value is -2.80. The fraction of sp³-hybridized carbons (Fsp3) is 0.364. The molecule has 0 aliphatic carbocycles. The van der Waals surface area contributed by atoms with Gasteiger partial charge < -0.3 is 9.47 Å². The van der Waals surface area contributed by atoms with Crippen LogP contribution in [0.3, 0.4) is 0 Å². The van der Waals surface area contributed by atoms with Crippen LogP contribution in [-0.4, -0.2) is 29.5 Å². The van der Waals surface area contributed by atoms with Crippen molar-refractivity contribution in [3.8, 4) is 11.8 Å². The molecule has 0 radical (unpaired) electrons. The number of benzene rings is 1. The summed E-state index contributed by atoms with van der Waals surface area (Å²) in [7, 11) is 3.29. The SMILES string of the molecule is Cc1cc(/C=C(\C#N)C(=O)N(C)C)c(C)n1-c1ccc(C(C)(C)C)cc1. The van der Waals surface area contributed by atoms with Gasteiger partial charge in [0.25, 0.3) is 5.91 Å². The number of aromatic nitrogens is 1. The predicted octanol–water partition coefficient (Wildman–Crippen LogP) is 4.39. The highest BCUT2D eigenvalue weighted by atomic mass is 16.2. The predicted molar refractivity (Wildman–Crippen MR) is 106 cm³/mol. The Labute approximate surface area is 156 Å². The van der Waals surface area contributed by atoms with Crippen LogP contribution in [0.15, 0.2) is 35.9 Å². The molecule has 4 heteroatoms. The molecule has 1 amide bonds. The Morgan fingerprint density at radius 3 is 2.19 bits per heavy atom. The zero-order chi connectivity index (χ0) is 19.6. The van der Waals surface area contributed by atoms with Crippen molar-refractivity contribution < 1.29 is 4.79 Å². The maximum absolute atomic E-state index is 12.1. The Bertz CT molecular complexity index is 885. The summed E-state index contributed by atoms with van der Waals surface area (Å²) in [4.78, 5) is 13.5. The van der Waals surface area contributed by atoms with E-state index in [4.69, 9.17) is 0 Å². The van der Waals surface area contributed by atoms with Crippen molar-refractivity contribution in [2.45, 2.75) is 40.0 Å². The Balaban J connectivity index is 2.49. The van der Waals surface area contributed by atoms with Crippen LogP contribution < -0.4 is 0 Å². The molecule has 0 unspecified atom stereocenters. The van der Waals surface area contributed by atoms with E-state index in [1.54, 1.807) is 20.2 Å². The number of nitrogens with zero attached hydrogens (tertiary/aromatic N) is 3. The second-order valence-corrected chi connectivity index (χ2v) is 7.83. The molecule has 2 rings (SSSR count). The lowest BCUT2D eigenvalue weighted by atomic mass is 9.87. The largest absolute Gasteiger partial charge is 0.344 e. The third-order valence-electron chi connectivity index (χ3n) is 4.52. The van der Waals surface area contributed by atoms with Gasteiger partial charge in [0.15, 0.2) is 0 Å². The highest BCUT2D eigenvalue weighted by Crippen LogP contribution is 2.26. The lowest BCUT2D eigenvalue weighted by molar-refractivity contribution is -0.124. The standard InChI is InChI=1S/C22H27N3O/c1-15-12-17(13-18(14-23)21(26)24(6)7)16(2)25(15)20-10-8-19(9-11-20)22(3,4)5/h8-13H,1-7H3/b18-13+. The number of hydrogen-bond donors (Lipinski definition) is 0. The first kappa shape index (κ1) is 19.5. The molecule has 1 aromatic heterocycles. The quantitative estimate of drug-likeness (QED) is 0.609. The summed E-state index contributed by atoms with van der Waals surface area (Å²) in [5.41, 5.74) is 5.56. The van der Waals surface area contributed by atoms with Crippen molar-refractivity contribution in [2.24, 2.45) is 0 Å². The molecule has 0 bridgehead atoms. The first-order chi connectivity index (χ1) is 12.1. The van der Waals surface area contributed by atoms with Crippen molar-refractivity contribution in [3.05, 3.63) is 58.4 Å². The lowest BCUT2D eigenvalue weighted by Gasteiger charge is -2.20. The summed E-state index contributed by atoms with van der Waals surface area (Å²) in [6.07, 6.45) is 1.67. The summed E-state index contributed by atoms with van der Waals surface area (Å²) in [6, 6.07) is 12.6. The minimum atomic E-state index is -0.285. The molecule has 0 N–H and O–H groups in total. The van der Waals surface area contributed by atoms with Gasteiger partial charge >= 0.3 is 0 Å². The third kappa shape index (κ3) is 3.88. The van der Waals surface area contributed by atoms with Crippen LogP contribution in [0.25, 0.3) is 11.8 Å². The van der Waals surface area contributed by atoms with Gasteiger partial charge in [-0.25, -0.2) is 0 Å². The first-order valence-electron chi connectivity index (χ1n) is 8.69. The summed E-state index contributed by atoms with van der Waals surface area (Å²) >= 11 is 0. The van der Waals surface area contributed by atoms with E-state index >= 15 is 0 Å². The fourth-order valence-corrected chi connectivity index (χ4v) is 2.98. The second kappa shape index (κ2) is 7.21. The number of rotatable bonds is 3. The molecule has 1 heterocycles. The van der Waals surface area contributed by atoms with E-state index in [1.165, 1.54) is 10.5 Å². The minimum absolute atomic E-state index is 0.113. The normalized spacial score (nSPS) is 12.0. The number of carbonyl (C=O) groups excluding carboxylic acids is 1. The summed E-state index contributed by atoms with van der Waals surface area (Å²) in [5, 5.41) is 9.32. The van der Waals surface area contributed by atoms with Gasteiger partial charge in [0.2, 0.25) is 0 Å². The van der Waals surface area contributed by atoms with Crippen molar-refractivity contribution in [1.82, 2.24) is 9.47 Å². The molecule has 0 fully saturated rings. The van der Waals surface area contributed by atoms with Crippen molar-refractivity contribution in [2.75, 3.05) is 14.1 Å². The summed E-state index contributed by atoms with van der Waals surface area (Å²) in [5.74, 6) is -0.285. The van der Waals surface area contributed by atoms with E-state index in [-0.39, 0.29) is 16.9 Å². The Morgan fingerprint density at radius 1 is 1.15 bits per heavy atom. The molecule has 0 aliphatic rings. The number of hydrogen-bond acceptors (Lipinski definition) is 2. The van der Waals surface area contributed by atoms with Crippen LogP contribution in [0, 0.1) is 25.2 Å². The van der Waals surface area contributed by atoms with E-state index in [9.17, 15) is 10.1 Å².